The lowest BCUT2D eigenvalue weighted by atomic mass is 10.00. The molecule has 11 heteroatoms. The van der Waals surface area contributed by atoms with Crippen LogP contribution in [0, 0.1) is 0 Å². The first-order valence-electron chi connectivity index (χ1n) is 13.3. The Morgan fingerprint density at radius 2 is 1.80 bits per heavy atom. The predicted molar refractivity (Wildman–Crippen MR) is 155 cm³/mol. The number of nitrogen functional groups attached to an aromatic ring is 1. The fourth-order valence-corrected chi connectivity index (χ4v) is 5.33. The van der Waals surface area contributed by atoms with Crippen LogP contribution in [0.5, 0.6) is 5.75 Å². The van der Waals surface area contributed by atoms with E-state index in [1.165, 1.54) is 4.90 Å². The molecule has 2 atom stereocenters. The third-order valence-corrected chi connectivity index (χ3v) is 7.60. The highest BCUT2D eigenvalue weighted by Gasteiger charge is 2.36. The molecule has 10 nitrogen and oxygen atoms in total. The fraction of sp³-hybridized carbons (Fsp3) is 0.379. The van der Waals surface area contributed by atoms with Crippen LogP contribution in [0.4, 0.5) is 11.4 Å². The lowest BCUT2D eigenvalue weighted by Gasteiger charge is -2.32. The maximum atomic E-state index is 14.2. The second-order valence-corrected chi connectivity index (χ2v) is 10.6. The van der Waals surface area contributed by atoms with E-state index >= 15 is 0 Å². The van der Waals surface area contributed by atoms with E-state index in [0.717, 1.165) is 29.9 Å². The van der Waals surface area contributed by atoms with Crippen LogP contribution in [-0.2, 0) is 9.53 Å². The summed E-state index contributed by atoms with van der Waals surface area (Å²) in [7, 11) is 0. The molecule has 1 aromatic heterocycles. The lowest BCUT2D eigenvalue weighted by molar-refractivity contribution is -0.123. The van der Waals surface area contributed by atoms with Crippen molar-refractivity contribution in [3.8, 4) is 5.75 Å². The number of hydrogen-bond donors (Lipinski definition) is 3. The van der Waals surface area contributed by atoms with E-state index in [1.807, 2.05) is 19.1 Å². The summed E-state index contributed by atoms with van der Waals surface area (Å²) in [4.78, 5) is 41.4. The highest BCUT2D eigenvalue weighted by Crippen LogP contribution is 2.34. The second-order valence-electron chi connectivity index (χ2n) is 9.84. The Kier molecular flexibility index (Phi) is 9.38. The van der Waals surface area contributed by atoms with Crippen molar-refractivity contribution >= 4 is 40.6 Å². The summed E-state index contributed by atoms with van der Waals surface area (Å²) in [5, 5.41) is 2.98. The smallest absolute Gasteiger partial charge is 0.273 e. The monoisotopic (exact) mass is 565 g/mol. The van der Waals surface area contributed by atoms with Gasteiger partial charge in [0.15, 0.2) is 5.69 Å². The summed E-state index contributed by atoms with van der Waals surface area (Å²) in [5.41, 5.74) is 13.4. The quantitative estimate of drug-likeness (QED) is 0.318. The first-order chi connectivity index (χ1) is 19.2. The van der Waals surface area contributed by atoms with Crippen LogP contribution < -0.4 is 26.4 Å². The zero-order valence-corrected chi connectivity index (χ0v) is 23.7. The molecule has 0 radical (unpaired) electrons. The average Bonchev–Trinajstić information content (AvgIpc) is 3.60. The minimum Gasteiger partial charge on any atom is -0.494 e. The summed E-state index contributed by atoms with van der Waals surface area (Å²) >= 11 is 0.772. The molecule has 2 heterocycles. The number of rotatable bonds is 11. The van der Waals surface area contributed by atoms with E-state index in [9.17, 15) is 14.4 Å². The summed E-state index contributed by atoms with van der Waals surface area (Å²) in [6.45, 7) is 7.49. The van der Waals surface area contributed by atoms with Gasteiger partial charge in [0.2, 0.25) is 5.91 Å². The number of hydrogen-bond acceptors (Lipinski definition) is 8. The highest BCUT2D eigenvalue weighted by atomic mass is 32.1. The number of nitrogens with zero attached hydrogens (tertiary/aromatic N) is 2. The zero-order valence-electron chi connectivity index (χ0n) is 22.9. The topological polar surface area (TPSA) is 150 Å². The molecular formula is C29H35N5O5S. The van der Waals surface area contributed by atoms with Gasteiger partial charge >= 0.3 is 0 Å². The van der Waals surface area contributed by atoms with Gasteiger partial charge in [0.1, 0.15) is 16.7 Å². The van der Waals surface area contributed by atoms with Gasteiger partial charge in [-0.3, -0.25) is 19.3 Å². The van der Waals surface area contributed by atoms with Crippen LogP contribution in [0.15, 0.2) is 48.5 Å². The molecule has 1 aliphatic rings. The standard InChI is InChI=1S/C29H35N5O5S/c1-4-38-21-13-9-19(10-14-21)25(28(36)32-16-22-6-5-15-39-22)34(20-11-7-18(8-12-20)17(2)3)29(37)26-23(30)24(27(31)35)33-40-26/h7-14,17,22,25H,4-6,15-16,30H2,1-3H3,(H2,31,35)(H,32,36)/t22-,25-/m0/s1. The molecule has 0 saturated carbocycles. The minimum atomic E-state index is -1.08. The van der Waals surface area contributed by atoms with Gasteiger partial charge in [-0.25, -0.2) is 0 Å². The van der Waals surface area contributed by atoms with E-state index in [2.05, 4.69) is 23.5 Å². The molecule has 0 spiro atoms. The van der Waals surface area contributed by atoms with Gasteiger partial charge in [0.05, 0.1) is 18.4 Å². The highest BCUT2D eigenvalue weighted by molar-refractivity contribution is 7.09. The van der Waals surface area contributed by atoms with Crippen LogP contribution in [0.1, 0.15) is 76.9 Å². The first kappa shape index (κ1) is 29.0. The van der Waals surface area contributed by atoms with Crippen molar-refractivity contribution < 1.29 is 23.9 Å². The Bertz CT molecular complexity index is 1330. The van der Waals surface area contributed by atoms with Crippen LogP contribution in [-0.4, -0.2) is 48.0 Å². The Labute approximate surface area is 237 Å². The van der Waals surface area contributed by atoms with Gasteiger partial charge in [-0.2, -0.15) is 4.37 Å². The van der Waals surface area contributed by atoms with Gasteiger partial charge in [-0.1, -0.05) is 38.1 Å². The lowest BCUT2D eigenvalue weighted by Crippen LogP contribution is -2.45. The number of carbonyl (C=O) groups is 3. The van der Waals surface area contributed by atoms with Crippen LogP contribution in [0.25, 0.3) is 0 Å². The third-order valence-electron chi connectivity index (χ3n) is 6.75. The molecule has 1 aliphatic heterocycles. The van der Waals surface area contributed by atoms with Crippen molar-refractivity contribution in [2.75, 3.05) is 30.4 Å². The molecular weight excluding hydrogens is 530 g/mol. The van der Waals surface area contributed by atoms with Crippen molar-refractivity contribution in [3.63, 3.8) is 0 Å². The molecule has 0 bridgehead atoms. The minimum absolute atomic E-state index is 0.0181. The third kappa shape index (κ3) is 6.43. The normalized spacial score (nSPS) is 15.6. The number of carbonyl (C=O) groups excluding carboxylic acids is 3. The number of anilines is 2. The van der Waals surface area contributed by atoms with Crippen molar-refractivity contribution in [1.29, 1.82) is 0 Å². The van der Waals surface area contributed by atoms with E-state index in [-0.39, 0.29) is 34.2 Å². The predicted octanol–water partition coefficient (Wildman–Crippen LogP) is 4.03. The van der Waals surface area contributed by atoms with Crippen LogP contribution in [0.3, 0.4) is 0 Å². The Morgan fingerprint density at radius 1 is 1.12 bits per heavy atom. The van der Waals surface area contributed by atoms with Gasteiger partial charge in [-0.05, 0) is 72.6 Å². The second kappa shape index (κ2) is 12.9. The number of amides is 3. The van der Waals surface area contributed by atoms with Crippen molar-refractivity contribution in [2.24, 2.45) is 5.73 Å². The number of benzene rings is 2. The number of aromatic nitrogens is 1. The molecule has 0 aliphatic carbocycles. The number of primary amides is 1. The summed E-state index contributed by atoms with van der Waals surface area (Å²) in [5.74, 6) is -0.894. The van der Waals surface area contributed by atoms with Gasteiger partial charge < -0.3 is 26.3 Å². The van der Waals surface area contributed by atoms with E-state index in [4.69, 9.17) is 20.9 Å². The molecule has 3 amide bonds. The summed E-state index contributed by atoms with van der Waals surface area (Å²) < 4.78 is 15.3. The van der Waals surface area contributed by atoms with Crippen molar-refractivity contribution in [2.45, 2.75) is 51.7 Å². The molecule has 3 aromatic rings. The molecule has 212 valence electrons. The average molecular weight is 566 g/mol. The van der Waals surface area contributed by atoms with Crippen LogP contribution in [0.2, 0.25) is 0 Å². The molecule has 0 unspecified atom stereocenters. The van der Waals surface area contributed by atoms with E-state index < -0.39 is 17.9 Å². The molecule has 5 N–H and O–H groups in total. The first-order valence-corrected chi connectivity index (χ1v) is 14.1. The number of nitrogens with one attached hydrogen (secondary N) is 1. The Balaban J connectivity index is 1.81. The summed E-state index contributed by atoms with van der Waals surface area (Å²) in [6, 6.07) is 13.4. The van der Waals surface area contributed by atoms with E-state index in [1.54, 1.807) is 36.4 Å². The van der Waals surface area contributed by atoms with Crippen molar-refractivity contribution in [3.05, 3.63) is 70.2 Å². The molecule has 2 aromatic carbocycles. The number of nitrogens with two attached hydrogens (primary N) is 2. The Hall–Kier alpha value is -3.96. The van der Waals surface area contributed by atoms with Gasteiger partial charge in [0, 0.05) is 18.8 Å². The molecule has 4 rings (SSSR count). The molecule has 1 saturated heterocycles. The molecule has 40 heavy (non-hydrogen) atoms. The maximum Gasteiger partial charge on any atom is 0.273 e. The van der Waals surface area contributed by atoms with Crippen LogP contribution >= 0.6 is 11.5 Å². The van der Waals surface area contributed by atoms with Crippen molar-refractivity contribution in [1.82, 2.24) is 9.69 Å². The zero-order chi connectivity index (χ0) is 28.8. The Morgan fingerprint density at radius 3 is 2.35 bits per heavy atom. The SMILES string of the molecule is CCOc1ccc([C@@H](C(=O)NC[C@@H]2CCCO2)N(C(=O)c2snc(C(N)=O)c2N)c2ccc(C(C)C)cc2)cc1. The van der Waals surface area contributed by atoms with E-state index in [0.29, 0.717) is 36.8 Å². The van der Waals surface area contributed by atoms with Gasteiger partial charge in [-0.15, -0.1) is 0 Å². The summed E-state index contributed by atoms with van der Waals surface area (Å²) in [6.07, 6.45) is 1.69. The fourth-order valence-electron chi connectivity index (χ4n) is 4.59. The number of ether oxygens (including phenoxy) is 2. The largest absolute Gasteiger partial charge is 0.494 e. The van der Waals surface area contributed by atoms with Gasteiger partial charge in [0.25, 0.3) is 11.8 Å². The maximum absolute atomic E-state index is 14.2. The molecule has 1 fully saturated rings.